The van der Waals surface area contributed by atoms with Gasteiger partial charge in [0.1, 0.15) is 10.5 Å². The van der Waals surface area contributed by atoms with Crippen molar-refractivity contribution in [2.45, 2.75) is 18.7 Å². The lowest BCUT2D eigenvalue weighted by Gasteiger charge is -2.26. The van der Waals surface area contributed by atoms with Gasteiger partial charge in [0.2, 0.25) is 0 Å². The molecule has 0 radical (unpaired) electrons. The number of carbonyl (C=O) groups is 4. The Kier molecular flexibility index (Phi) is 8.00. The van der Waals surface area contributed by atoms with Crippen LogP contribution in [0.3, 0.4) is 0 Å². The normalized spacial score (nSPS) is 14.6. The topological polar surface area (TPSA) is 145 Å². The lowest BCUT2D eigenvalue weighted by atomic mass is 10.1. The fourth-order valence-electron chi connectivity index (χ4n) is 3.73. The third-order valence-electron chi connectivity index (χ3n) is 5.75. The third-order valence-corrected chi connectivity index (χ3v) is 6.99. The van der Waals surface area contributed by atoms with Gasteiger partial charge >= 0.3 is 22.1 Å². The van der Waals surface area contributed by atoms with Crippen molar-refractivity contribution in [1.82, 2.24) is 5.32 Å². The van der Waals surface area contributed by atoms with Gasteiger partial charge in [-0.1, -0.05) is 23.8 Å². The minimum atomic E-state index is -4.16. The summed E-state index contributed by atoms with van der Waals surface area (Å²) in [4.78, 5) is 50.9. The number of ether oxygens (including phenoxy) is 2. The van der Waals surface area contributed by atoms with E-state index in [0.717, 1.165) is 10.5 Å². The zero-order chi connectivity index (χ0) is 29.0. The Bertz CT molecular complexity index is 1630. The molecular weight excluding hydrogens is 540 g/mol. The summed E-state index contributed by atoms with van der Waals surface area (Å²) in [6.07, 6.45) is 1.23. The Morgan fingerprint density at radius 3 is 2.25 bits per heavy atom. The fraction of sp³-hybridized carbons (Fsp3) is 0.143. The Morgan fingerprint density at radius 2 is 1.62 bits per heavy atom. The number of carbonyl (C=O) groups excluding carboxylic acids is 4. The van der Waals surface area contributed by atoms with E-state index < -0.39 is 33.9 Å². The highest BCUT2D eigenvalue weighted by Gasteiger charge is 2.37. The summed E-state index contributed by atoms with van der Waals surface area (Å²) >= 11 is 0. The van der Waals surface area contributed by atoms with Gasteiger partial charge in [0.15, 0.2) is 11.5 Å². The maximum atomic E-state index is 13.2. The van der Waals surface area contributed by atoms with Crippen LogP contribution < -0.4 is 19.1 Å². The smallest absolute Gasteiger partial charge is 0.339 e. The van der Waals surface area contributed by atoms with Crippen LogP contribution in [0.5, 0.6) is 11.5 Å². The minimum Gasteiger partial charge on any atom is -0.493 e. The van der Waals surface area contributed by atoms with Gasteiger partial charge in [-0.3, -0.25) is 14.9 Å². The molecule has 4 amide bonds. The molecule has 0 atom stereocenters. The number of esters is 1. The summed E-state index contributed by atoms with van der Waals surface area (Å²) in [6.45, 7) is 3.67. The highest BCUT2D eigenvalue weighted by atomic mass is 32.2. The largest absolute Gasteiger partial charge is 0.493 e. The summed E-state index contributed by atoms with van der Waals surface area (Å²) < 4.78 is 40.9. The van der Waals surface area contributed by atoms with E-state index in [1.807, 2.05) is 6.92 Å². The van der Waals surface area contributed by atoms with Crippen molar-refractivity contribution in [2.75, 3.05) is 18.6 Å². The first-order valence-electron chi connectivity index (χ1n) is 11.9. The van der Waals surface area contributed by atoms with Crippen molar-refractivity contribution in [3.05, 3.63) is 89.0 Å². The number of anilines is 1. The number of nitrogens with one attached hydrogen (secondary N) is 1. The molecular formula is C28H24N2O9S. The predicted octanol–water partition coefficient (Wildman–Crippen LogP) is 3.61. The molecule has 0 aliphatic carbocycles. The van der Waals surface area contributed by atoms with E-state index in [2.05, 4.69) is 5.32 Å². The maximum absolute atomic E-state index is 13.2. The first kappa shape index (κ1) is 28.0. The van der Waals surface area contributed by atoms with E-state index in [4.69, 9.17) is 13.7 Å². The van der Waals surface area contributed by atoms with Crippen LogP contribution >= 0.6 is 0 Å². The van der Waals surface area contributed by atoms with Crippen molar-refractivity contribution in [1.29, 1.82) is 0 Å². The minimum absolute atomic E-state index is 0.0242. The summed E-state index contributed by atoms with van der Waals surface area (Å²) in [5.74, 6) is -2.47. The number of benzene rings is 3. The van der Waals surface area contributed by atoms with Gasteiger partial charge in [-0.2, -0.15) is 8.42 Å². The molecule has 1 fully saturated rings. The molecule has 12 heteroatoms. The van der Waals surface area contributed by atoms with Gasteiger partial charge in [-0.25, -0.2) is 14.5 Å². The Morgan fingerprint density at radius 1 is 0.950 bits per heavy atom. The van der Waals surface area contributed by atoms with E-state index in [9.17, 15) is 27.6 Å². The molecule has 3 aromatic carbocycles. The third kappa shape index (κ3) is 5.86. The van der Waals surface area contributed by atoms with Gasteiger partial charge in [-0.05, 0) is 74.0 Å². The number of aryl methyl sites for hydroxylation is 1. The molecule has 0 spiro atoms. The van der Waals surface area contributed by atoms with Crippen LogP contribution in [0, 0.1) is 6.92 Å². The monoisotopic (exact) mass is 564 g/mol. The van der Waals surface area contributed by atoms with Crippen LogP contribution in [-0.4, -0.2) is 45.9 Å². The fourth-order valence-corrected chi connectivity index (χ4v) is 4.67. The molecule has 4 rings (SSSR count). The highest BCUT2D eigenvalue weighted by Crippen LogP contribution is 2.32. The molecule has 1 aliphatic rings. The van der Waals surface area contributed by atoms with Crippen molar-refractivity contribution in [3.8, 4) is 11.5 Å². The molecule has 1 N–H and O–H groups in total. The van der Waals surface area contributed by atoms with Crippen LogP contribution in [0.25, 0.3) is 6.08 Å². The quantitative estimate of drug-likeness (QED) is 0.188. The molecule has 0 bridgehead atoms. The molecule has 0 unspecified atom stereocenters. The van der Waals surface area contributed by atoms with Gasteiger partial charge in [0.25, 0.3) is 11.8 Å². The first-order valence-corrected chi connectivity index (χ1v) is 13.3. The maximum Gasteiger partial charge on any atom is 0.339 e. The number of nitrogens with zero attached hydrogens (tertiary/aromatic N) is 1. The van der Waals surface area contributed by atoms with Crippen LogP contribution in [0.1, 0.15) is 28.4 Å². The standard InChI is InChI=1S/C28H24N2O9S/c1-4-38-27(33)19-8-10-20(11-9-19)30-26(32)22(25(31)29-28(30)34)15-18-7-14-23(24(16-18)37-3)39-40(35,36)21-12-5-17(2)6-13-21/h5-16H,4H2,1-3H3,(H,29,31,34)/b22-15+. The van der Waals surface area contributed by atoms with E-state index in [1.165, 1.54) is 67.8 Å². The molecule has 0 saturated carbocycles. The lowest BCUT2D eigenvalue weighted by Crippen LogP contribution is -2.54. The number of hydrogen-bond donors (Lipinski definition) is 1. The molecule has 40 heavy (non-hydrogen) atoms. The average Bonchev–Trinajstić information content (AvgIpc) is 2.92. The van der Waals surface area contributed by atoms with Crippen molar-refractivity contribution < 1.29 is 41.3 Å². The van der Waals surface area contributed by atoms with Crippen molar-refractivity contribution in [2.24, 2.45) is 0 Å². The van der Waals surface area contributed by atoms with Gasteiger partial charge < -0.3 is 13.7 Å². The summed E-state index contributed by atoms with van der Waals surface area (Å²) in [6, 6.07) is 14.8. The van der Waals surface area contributed by atoms with E-state index in [-0.39, 0.29) is 39.8 Å². The second-order valence-corrected chi connectivity index (χ2v) is 10.0. The highest BCUT2D eigenvalue weighted by molar-refractivity contribution is 7.87. The number of hydrogen-bond acceptors (Lipinski definition) is 9. The summed E-state index contributed by atoms with van der Waals surface area (Å²) in [5, 5.41) is 2.11. The van der Waals surface area contributed by atoms with Crippen LogP contribution in [0.15, 0.2) is 77.2 Å². The average molecular weight is 565 g/mol. The molecule has 1 heterocycles. The van der Waals surface area contributed by atoms with E-state index in [0.29, 0.717) is 5.56 Å². The second-order valence-electron chi connectivity index (χ2n) is 8.49. The SMILES string of the molecule is CCOC(=O)c1ccc(N2C(=O)NC(=O)/C(=C\c3ccc(OS(=O)(=O)c4ccc(C)cc4)c(OC)c3)C2=O)cc1. The van der Waals surface area contributed by atoms with Crippen LogP contribution in [-0.2, 0) is 24.4 Å². The van der Waals surface area contributed by atoms with Crippen molar-refractivity contribution in [3.63, 3.8) is 0 Å². The second kappa shape index (κ2) is 11.4. The number of imide groups is 2. The summed E-state index contributed by atoms with van der Waals surface area (Å²) in [7, 11) is -2.86. The lowest BCUT2D eigenvalue weighted by molar-refractivity contribution is -0.122. The Balaban J connectivity index is 1.61. The predicted molar refractivity (Wildman–Crippen MR) is 143 cm³/mol. The molecule has 206 valence electrons. The van der Waals surface area contributed by atoms with Gasteiger partial charge in [0, 0.05) is 0 Å². The van der Waals surface area contributed by atoms with E-state index in [1.54, 1.807) is 19.1 Å². The molecule has 11 nitrogen and oxygen atoms in total. The molecule has 1 aliphatic heterocycles. The number of urea groups is 1. The number of barbiturate groups is 1. The van der Waals surface area contributed by atoms with Gasteiger partial charge in [-0.15, -0.1) is 0 Å². The first-order chi connectivity index (χ1) is 19.0. The van der Waals surface area contributed by atoms with E-state index >= 15 is 0 Å². The van der Waals surface area contributed by atoms with Crippen LogP contribution in [0.4, 0.5) is 10.5 Å². The Hall–Kier alpha value is -4.97. The molecule has 3 aromatic rings. The number of rotatable bonds is 8. The molecule has 0 aromatic heterocycles. The number of amides is 4. The van der Waals surface area contributed by atoms with Crippen LogP contribution in [0.2, 0.25) is 0 Å². The van der Waals surface area contributed by atoms with Crippen molar-refractivity contribution >= 4 is 45.7 Å². The summed E-state index contributed by atoms with van der Waals surface area (Å²) in [5.41, 5.74) is 1.15. The Labute approximate surface area is 230 Å². The van der Waals surface area contributed by atoms with Gasteiger partial charge in [0.05, 0.1) is 25.0 Å². The number of methoxy groups -OCH3 is 1. The zero-order valence-electron chi connectivity index (χ0n) is 21.7. The molecule has 1 saturated heterocycles. The zero-order valence-corrected chi connectivity index (χ0v) is 22.5.